The number of nitriles is 1. The summed E-state index contributed by atoms with van der Waals surface area (Å²) < 4.78 is 13.5. The average Bonchev–Trinajstić information content (AvgIpc) is 2.94. The number of rotatable bonds is 10. The molecule has 0 saturated carbocycles. The van der Waals surface area contributed by atoms with Crippen LogP contribution in [0.25, 0.3) is 0 Å². The van der Waals surface area contributed by atoms with E-state index in [0.717, 1.165) is 20.1 Å². The van der Waals surface area contributed by atoms with Crippen LogP contribution in [0.1, 0.15) is 6.04 Å². The Balaban J connectivity index is 1.75. The Morgan fingerprint density at radius 1 is 0.946 bits per heavy atom. The third-order valence-corrected chi connectivity index (χ3v) is 10.3. The van der Waals surface area contributed by atoms with Gasteiger partial charge in [0.15, 0.2) is 6.04 Å². The maximum absolute atomic E-state index is 12.4. The molecular formula is C28H28N4O4Si. The van der Waals surface area contributed by atoms with Gasteiger partial charge in [0.2, 0.25) is 0 Å². The SMILES string of the molecule is CO[C@H](CO[Si](c1ccccc1)(c1ccccc1)c1ccccc1)[C@@H](O)[C@H](C#N)n1ccc(N)nc1=O. The lowest BCUT2D eigenvalue weighted by Gasteiger charge is -2.35. The molecule has 3 N–H and O–H groups in total. The van der Waals surface area contributed by atoms with Gasteiger partial charge in [-0.3, -0.25) is 4.57 Å². The number of aliphatic hydroxyl groups excluding tert-OH is 1. The summed E-state index contributed by atoms with van der Waals surface area (Å²) in [5.74, 6) is 0.0309. The first-order valence-corrected chi connectivity index (χ1v) is 13.7. The van der Waals surface area contributed by atoms with E-state index in [1.54, 1.807) is 0 Å². The van der Waals surface area contributed by atoms with Crippen molar-refractivity contribution in [2.45, 2.75) is 18.2 Å². The summed E-state index contributed by atoms with van der Waals surface area (Å²) in [5.41, 5.74) is 4.85. The molecule has 4 aromatic rings. The molecule has 4 rings (SSSR count). The second-order valence-electron chi connectivity index (χ2n) is 8.47. The molecule has 9 heteroatoms. The molecule has 0 aliphatic heterocycles. The number of aromatic nitrogens is 2. The van der Waals surface area contributed by atoms with Crippen molar-refractivity contribution in [1.29, 1.82) is 5.26 Å². The van der Waals surface area contributed by atoms with Crippen molar-refractivity contribution in [3.63, 3.8) is 0 Å². The van der Waals surface area contributed by atoms with Crippen LogP contribution in [-0.2, 0) is 9.16 Å². The molecule has 0 bridgehead atoms. The monoisotopic (exact) mass is 512 g/mol. The average molecular weight is 513 g/mol. The summed E-state index contributed by atoms with van der Waals surface area (Å²) in [6, 6.07) is 32.1. The minimum Gasteiger partial charge on any atom is -0.401 e. The van der Waals surface area contributed by atoms with E-state index in [1.807, 2.05) is 97.1 Å². The second kappa shape index (κ2) is 11.8. The Hall–Kier alpha value is -4.07. The van der Waals surface area contributed by atoms with Crippen molar-refractivity contribution in [2.24, 2.45) is 0 Å². The van der Waals surface area contributed by atoms with Crippen LogP contribution < -0.4 is 27.0 Å². The van der Waals surface area contributed by atoms with Crippen LogP contribution in [0.4, 0.5) is 5.82 Å². The fraction of sp³-hybridized carbons (Fsp3) is 0.179. The van der Waals surface area contributed by atoms with Gasteiger partial charge in [0.25, 0.3) is 8.32 Å². The number of nitrogens with zero attached hydrogens (tertiary/aromatic N) is 3. The van der Waals surface area contributed by atoms with Crippen molar-refractivity contribution >= 4 is 29.7 Å². The number of nitrogen functional groups attached to an aromatic ring is 1. The lowest BCUT2D eigenvalue weighted by molar-refractivity contribution is -0.0498. The van der Waals surface area contributed by atoms with Crippen LogP contribution in [0.2, 0.25) is 0 Å². The normalized spacial score (nSPS) is 13.9. The Morgan fingerprint density at radius 2 is 1.43 bits per heavy atom. The molecule has 3 atom stereocenters. The van der Waals surface area contributed by atoms with Crippen LogP contribution >= 0.6 is 0 Å². The van der Waals surface area contributed by atoms with Crippen LogP contribution in [0, 0.1) is 11.3 Å². The zero-order chi connectivity index (χ0) is 26.3. The summed E-state index contributed by atoms with van der Waals surface area (Å²) >= 11 is 0. The van der Waals surface area contributed by atoms with E-state index in [-0.39, 0.29) is 12.4 Å². The molecular weight excluding hydrogens is 484 g/mol. The highest BCUT2D eigenvalue weighted by Crippen LogP contribution is 2.18. The molecule has 188 valence electrons. The predicted octanol–water partition coefficient (Wildman–Crippen LogP) is 0.950. The number of benzene rings is 3. The zero-order valence-corrected chi connectivity index (χ0v) is 21.3. The van der Waals surface area contributed by atoms with E-state index in [0.29, 0.717) is 0 Å². The first-order chi connectivity index (χ1) is 18.0. The summed E-state index contributed by atoms with van der Waals surface area (Å²) in [5, 5.41) is 24.1. The molecule has 1 heterocycles. The smallest absolute Gasteiger partial charge is 0.350 e. The van der Waals surface area contributed by atoms with E-state index in [4.69, 9.17) is 14.9 Å². The molecule has 37 heavy (non-hydrogen) atoms. The Bertz CT molecular complexity index is 1300. The number of methoxy groups -OCH3 is 1. The number of ether oxygens (including phenoxy) is 1. The van der Waals surface area contributed by atoms with Gasteiger partial charge in [0, 0.05) is 13.3 Å². The first-order valence-electron chi connectivity index (χ1n) is 11.8. The molecule has 0 radical (unpaired) electrons. The van der Waals surface area contributed by atoms with Gasteiger partial charge in [-0.2, -0.15) is 10.2 Å². The van der Waals surface area contributed by atoms with Gasteiger partial charge in [-0.25, -0.2) is 4.79 Å². The molecule has 0 aliphatic carbocycles. The predicted molar refractivity (Wildman–Crippen MR) is 144 cm³/mol. The second-order valence-corrected chi connectivity index (χ2v) is 11.9. The molecule has 8 nitrogen and oxygen atoms in total. The maximum Gasteiger partial charge on any atom is 0.350 e. The van der Waals surface area contributed by atoms with E-state index in [1.165, 1.54) is 19.4 Å². The first kappa shape index (κ1) is 26.0. The van der Waals surface area contributed by atoms with E-state index in [2.05, 4.69) is 4.98 Å². The molecule has 0 unspecified atom stereocenters. The number of aliphatic hydroxyl groups is 1. The fourth-order valence-electron chi connectivity index (χ4n) is 4.43. The summed E-state index contributed by atoms with van der Waals surface area (Å²) in [6.07, 6.45) is -0.962. The molecule has 1 aromatic heterocycles. The van der Waals surface area contributed by atoms with Gasteiger partial charge in [-0.05, 0) is 21.6 Å². The number of hydrogen-bond acceptors (Lipinski definition) is 7. The molecule has 0 saturated heterocycles. The summed E-state index contributed by atoms with van der Waals surface area (Å²) in [7, 11) is -1.63. The summed E-state index contributed by atoms with van der Waals surface area (Å²) in [6.45, 7) is -0.0299. The minimum atomic E-state index is -3.06. The third-order valence-electron chi connectivity index (χ3n) is 6.30. The van der Waals surface area contributed by atoms with Gasteiger partial charge >= 0.3 is 5.69 Å². The number of nitrogens with two attached hydrogens (primary N) is 1. The van der Waals surface area contributed by atoms with Gasteiger partial charge < -0.3 is 20.0 Å². The van der Waals surface area contributed by atoms with Crippen molar-refractivity contribution in [2.75, 3.05) is 19.5 Å². The quantitative estimate of drug-likeness (QED) is 0.240. The highest BCUT2D eigenvalue weighted by molar-refractivity contribution is 7.07. The molecule has 0 amide bonds. The molecule has 0 spiro atoms. The lowest BCUT2D eigenvalue weighted by Crippen LogP contribution is -2.70. The lowest BCUT2D eigenvalue weighted by atomic mass is 10.1. The van der Waals surface area contributed by atoms with E-state index in [9.17, 15) is 15.2 Å². The Labute approximate surface area is 216 Å². The van der Waals surface area contributed by atoms with Crippen molar-refractivity contribution in [3.05, 3.63) is 114 Å². The van der Waals surface area contributed by atoms with Crippen molar-refractivity contribution in [3.8, 4) is 6.07 Å². The highest BCUT2D eigenvalue weighted by Gasteiger charge is 2.43. The van der Waals surface area contributed by atoms with Gasteiger partial charge in [-0.1, -0.05) is 91.0 Å². The van der Waals surface area contributed by atoms with Gasteiger partial charge in [-0.15, -0.1) is 0 Å². The standard InChI is InChI=1S/C28H28N4O4Si/c1-35-25(27(33)24(19-29)32-18-17-26(30)31-28(32)34)20-36-37(21-11-5-2-6-12-21,22-13-7-3-8-14-22)23-15-9-4-10-16-23/h2-18,24-25,27,33H,20H2,1H3,(H2,30,31,34)/t24-,25+,27-/m0/s1. The van der Waals surface area contributed by atoms with Crippen molar-refractivity contribution < 1.29 is 14.3 Å². The summed E-state index contributed by atoms with van der Waals surface area (Å²) in [4.78, 5) is 16.0. The van der Waals surface area contributed by atoms with Crippen molar-refractivity contribution in [1.82, 2.24) is 9.55 Å². The van der Waals surface area contributed by atoms with Crippen LogP contribution in [0.5, 0.6) is 0 Å². The maximum atomic E-state index is 12.4. The largest absolute Gasteiger partial charge is 0.401 e. The van der Waals surface area contributed by atoms with E-state index < -0.39 is 32.3 Å². The Kier molecular flexibility index (Phi) is 8.27. The number of hydrogen-bond donors (Lipinski definition) is 2. The van der Waals surface area contributed by atoms with Crippen LogP contribution in [-0.4, -0.2) is 48.9 Å². The van der Waals surface area contributed by atoms with E-state index >= 15 is 0 Å². The zero-order valence-electron chi connectivity index (χ0n) is 20.3. The Morgan fingerprint density at radius 3 is 1.84 bits per heavy atom. The molecule has 0 fully saturated rings. The topological polar surface area (TPSA) is 123 Å². The van der Waals surface area contributed by atoms with Crippen LogP contribution in [0.3, 0.4) is 0 Å². The molecule has 0 aliphatic rings. The highest BCUT2D eigenvalue weighted by atomic mass is 28.4. The van der Waals surface area contributed by atoms with Gasteiger partial charge in [0.1, 0.15) is 18.0 Å². The fourth-order valence-corrected chi connectivity index (χ4v) is 8.33. The minimum absolute atomic E-state index is 0.0299. The van der Waals surface area contributed by atoms with Gasteiger partial charge in [0.05, 0.1) is 12.7 Å². The number of anilines is 1. The third kappa shape index (κ3) is 5.38. The van der Waals surface area contributed by atoms with Crippen LogP contribution in [0.15, 0.2) is 108 Å². The molecule has 3 aromatic carbocycles.